The van der Waals surface area contributed by atoms with E-state index < -0.39 is 34.0 Å². The van der Waals surface area contributed by atoms with Crippen LogP contribution < -0.4 is 4.72 Å². The largest absolute Gasteiger partial charge is 0.593 e. The number of carbonyl (C=O) groups is 1. The first-order chi connectivity index (χ1) is 21.5. The summed E-state index contributed by atoms with van der Waals surface area (Å²) in [6.45, 7) is 29.4. The van der Waals surface area contributed by atoms with Gasteiger partial charge in [-0.05, 0) is 87.3 Å². The predicted octanol–water partition coefficient (Wildman–Crippen LogP) is 10.9. The summed E-state index contributed by atoms with van der Waals surface area (Å²) >= 11 is -1.51. The van der Waals surface area contributed by atoms with Gasteiger partial charge in [-0.3, -0.25) is 4.79 Å². The van der Waals surface area contributed by atoms with Crippen molar-refractivity contribution in [2.75, 3.05) is 0 Å². The molecule has 0 bridgehead atoms. The molecule has 46 heavy (non-hydrogen) atoms. The van der Waals surface area contributed by atoms with Gasteiger partial charge in [0.05, 0.1) is 23.8 Å². The fourth-order valence-electron chi connectivity index (χ4n) is 8.48. The van der Waals surface area contributed by atoms with Crippen molar-refractivity contribution in [3.05, 3.63) is 78.1 Å². The lowest BCUT2D eigenvalue weighted by Crippen LogP contribution is -2.51. The van der Waals surface area contributed by atoms with Crippen LogP contribution >= 0.6 is 0 Å². The highest BCUT2D eigenvalue weighted by Crippen LogP contribution is 2.44. The number of benzene rings is 2. The van der Waals surface area contributed by atoms with Gasteiger partial charge in [0.1, 0.15) is 0 Å². The minimum Gasteiger partial charge on any atom is -0.593 e. The highest BCUT2D eigenvalue weighted by molar-refractivity contribution is 7.89. The van der Waals surface area contributed by atoms with E-state index in [0.717, 1.165) is 22.3 Å². The second kappa shape index (κ2) is 15.9. The number of aromatic nitrogens is 1. The monoisotopic (exact) mass is 680 g/mol. The summed E-state index contributed by atoms with van der Waals surface area (Å²) in [6, 6.07) is 17.8. The van der Waals surface area contributed by atoms with Crippen LogP contribution in [0.3, 0.4) is 0 Å². The van der Waals surface area contributed by atoms with E-state index in [2.05, 4.69) is 123 Å². The van der Waals surface area contributed by atoms with E-state index in [1.54, 1.807) is 0 Å². The summed E-state index contributed by atoms with van der Waals surface area (Å²) in [5.41, 5.74) is 6.92. The molecule has 1 aromatic heterocycles. The Hall–Kier alpha value is -2.11. The zero-order chi connectivity index (χ0) is 34.6. The van der Waals surface area contributed by atoms with Crippen LogP contribution in [0.4, 0.5) is 0 Å². The first kappa shape index (κ1) is 38.3. The average Bonchev–Trinajstić information content (AvgIpc) is 3.45. The zero-order valence-corrected chi connectivity index (χ0v) is 33.5. The molecule has 0 aliphatic carbocycles. The van der Waals surface area contributed by atoms with Gasteiger partial charge in [-0.25, -0.2) is 0 Å². The third-order valence-corrected chi connectivity index (χ3v) is 24.3. The summed E-state index contributed by atoms with van der Waals surface area (Å²) in [7, 11) is -4.31. The molecule has 2 aromatic carbocycles. The minimum absolute atomic E-state index is 0.104. The summed E-state index contributed by atoms with van der Waals surface area (Å²) in [6.07, 6.45) is 4.72. The molecule has 5 nitrogen and oxygen atoms in total. The van der Waals surface area contributed by atoms with Gasteiger partial charge in [-0.15, -0.1) is 4.72 Å². The molecule has 0 radical (unpaired) electrons. The Morgan fingerprint density at radius 1 is 0.783 bits per heavy atom. The number of hydrogen-bond donors (Lipinski definition) is 1. The molecule has 2 atom stereocenters. The second-order valence-corrected chi connectivity index (χ2v) is 27.4. The van der Waals surface area contributed by atoms with Crippen molar-refractivity contribution in [2.45, 2.75) is 141 Å². The normalized spacial score (nSPS) is 14.3. The number of nitrogens with one attached hydrogen (secondary N) is 1. The molecule has 0 aliphatic rings. The summed E-state index contributed by atoms with van der Waals surface area (Å²) < 4.78 is 26.1. The Balaban J connectivity index is 2.03. The van der Waals surface area contributed by atoms with Gasteiger partial charge in [-0.2, -0.15) is 0 Å². The molecular formula is C38H60N2O3SSi2. The zero-order valence-electron chi connectivity index (χ0n) is 30.7. The minimum atomic E-state index is -2.43. The topological polar surface area (TPSA) is 66.3 Å². The van der Waals surface area contributed by atoms with Gasteiger partial charge in [-0.1, -0.05) is 119 Å². The maximum atomic E-state index is 13.9. The molecule has 0 fully saturated rings. The number of aryl methyl sites for hydroxylation is 1. The Labute approximate surface area is 285 Å². The van der Waals surface area contributed by atoms with E-state index in [1.165, 1.54) is 0 Å². The summed E-state index contributed by atoms with van der Waals surface area (Å²) in [5.74, 6) is -0.223. The third-order valence-electron chi connectivity index (χ3n) is 10.4. The molecule has 0 saturated heterocycles. The lowest BCUT2D eigenvalue weighted by Gasteiger charge is -2.44. The van der Waals surface area contributed by atoms with Crippen molar-refractivity contribution in [3.63, 3.8) is 0 Å². The first-order valence-corrected chi connectivity index (χ1v) is 22.7. The predicted molar refractivity (Wildman–Crippen MR) is 202 cm³/mol. The van der Waals surface area contributed by atoms with Gasteiger partial charge < -0.3 is 13.2 Å². The van der Waals surface area contributed by atoms with Crippen LogP contribution in [0.5, 0.6) is 0 Å². The number of carbonyl (C=O) groups excluding carboxylic acids is 1. The maximum absolute atomic E-state index is 13.9. The molecule has 1 heterocycles. The quantitative estimate of drug-likeness (QED) is 0.128. The van der Waals surface area contributed by atoms with Crippen molar-refractivity contribution < 1.29 is 13.8 Å². The Kier molecular flexibility index (Phi) is 13.2. The molecule has 0 amide bonds. The Bertz CT molecular complexity index is 1370. The molecule has 3 aromatic rings. The van der Waals surface area contributed by atoms with Gasteiger partial charge >= 0.3 is 0 Å². The lowest BCUT2D eigenvalue weighted by atomic mass is 10.00. The molecule has 8 heteroatoms. The van der Waals surface area contributed by atoms with Crippen molar-refractivity contribution >= 4 is 33.9 Å². The highest BCUT2D eigenvalue weighted by atomic mass is 32.2. The van der Waals surface area contributed by atoms with E-state index in [-0.39, 0.29) is 29.0 Å². The summed E-state index contributed by atoms with van der Waals surface area (Å²) in [5, 5.41) is 0. The molecule has 3 rings (SSSR count). The van der Waals surface area contributed by atoms with Gasteiger partial charge in [0.2, 0.25) is 0 Å². The number of nitrogens with zero attached hydrogens (tertiary/aromatic N) is 1. The van der Waals surface area contributed by atoms with Gasteiger partial charge in [0, 0.05) is 6.20 Å². The van der Waals surface area contributed by atoms with Crippen LogP contribution in [0.1, 0.15) is 107 Å². The molecule has 0 spiro atoms. The molecule has 0 unspecified atom stereocenters. The van der Waals surface area contributed by atoms with E-state index in [1.807, 2.05) is 43.3 Å². The summed E-state index contributed by atoms with van der Waals surface area (Å²) in [4.78, 5) is 14.5. The smallest absolute Gasteiger partial charge is 0.294 e. The molecule has 1 N–H and O–H groups in total. The van der Waals surface area contributed by atoms with Crippen molar-refractivity contribution in [1.82, 2.24) is 8.95 Å². The van der Waals surface area contributed by atoms with Crippen LogP contribution in [-0.2, 0) is 20.6 Å². The second-order valence-electron chi connectivity index (χ2n) is 15.0. The molecule has 254 valence electrons. The van der Waals surface area contributed by atoms with E-state index in [9.17, 15) is 9.35 Å². The lowest BCUT2D eigenvalue weighted by molar-refractivity contribution is -0.136. The molecule has 0 saturated carbocycles. The maximum Gasteiger partial charge on any atom is 0.294 e. The van der Waals surface area contributed by atoms with Crippen molar-refractivity contribution in [2.24, 2.45) is 0 Å². The van der Waals surface area contributed by atoms with Crippen LogP contribution in [0.2, 0.25) is 33.2 Å². The van der Waals surface area contributed by atoms with Crippen LogP contribution in [0, 0.1) is 6.92 Å². The van der Waals surface area contributed by atoms with Crippen LogP contribution in [0.25, 0.3) is 11.1 Å². The number of rotatable bonds is 15. The van der Waals surface area contributed by atoms with E-state index >= 15 is 0 Å². The van der Waals surface area contributed by atoms with Crippen molar-refractivity contribution in [3.8, 4) is 11.1 Å². The van der Waals surface area contributed by atoms with Gasteiger partial charge in [0.25, 0.3) is 14.3 Å². The van der Waals surface area contributed by atoms with E-state index in [0.29, 0.717) is 21.5 Å². The fourth-order valence-corrected chi connectivity index (χ4v) is 21.1. The van der Waals surface area contributed by atoms with Crippen LogP contribution in [-0.4, -0.2) is 31.3 Å². The Morgan fingerprint density at radius 3 is 1.83 bits per heavy atom. The number of hydrogen-bond acceptors (Lipinski definition) is 4. The first-order valence-electron chi connectivity index (χ1n) is 17.2. The standard InChI is InChI=1S/C38H60N2O3SSi2/c1-26(2)45(27(3)4,28(5)6)40-22-21-35(25-40)33-15-14-16-34(23-33)37(39-44(42)36-19-17-32(13)18-20-36)24-38(41)43-46(29(7)8,30(9)10)31(11)12/h14-23,25-31,37,39H,24H2,1-13H3/t37-,44+/m0/s1. The molecular weight excluding hydrogens is 621 g/mol. The Morgan fingerprint density at radius 2 is 1.33 bits per heavy atom. The van der Waals surface area contributed by atoms with Gasteiger partial charge in [0.15, 0.2) is 13.1 Å². The molecule has 0 aliphatic heterocycles. The average molecular weight is 681 g/mol. The van der Waals surface area contributed by atoms with E-state index in [4.69, 9.17) is 4.43 Å². The fraction of sp³-hybridized carbons (Fsp3) is 0.553. The third kappa shape index (κ3) is 7.95. The SMILES string of the molecule is Cc1ccc([S@@+]([O-])N[C@@H](CC(=O)O[Si](C(C)C)(C(C)C)C(C)C)c2cccc(-c3ccn([Si](C(C)C)(C(C)C)C(C)C)c3)c2)cc1. The van der Waals surface area contributed by atoms with Crippen molar-refractivity contribution in [1.29, 1.82) is 0 Å². The highest BCUT2D eigenvalue weighted by Gasteiger charge is 2.48. The van der Waals surface area contributed by atoms with Crippen LogP contribution in [0.15, 0.2) is 71.9 Å².